The first-order valence-electron chi connectivity index (χ1n) is 7.72. The van der Waals surface area contributed by atoms with Gasteiger partial charge in [0.15, 0.2) is 0 Å². The number of halogens is 1. The van der Waals surface area contributed by atoms with Gasteiger partial charge < -0.3 is 15.0 Å². The van der Waals surface area contributed by atoms with Gasteiger partial charge in [-0.1, -0.05) is 0 Å². The number of rotatable bonds is 5. The monoisotopic (exact) mass is 342 g/mol. The fraction of sp³-hybridized carbons (Fsp3) is 0.562. The number of carbonyl (C=O) groups is 1. The van der Waals surface area contributed by atoms with Crippen LogP contribution in [-0.4, -0.2) is 52.4 Å². The summed E-state index contributed by atoms with van der Waals surface area (Å²) in [6, 6.07) is 5.58. The highest BCUT2D eigenvalue weighted by atomic mass is 32.2. The number of nitrogens with one attached hydrogen (secondary N) is 1. The molecule has 1 aromatic rings. The fourth-order valence-electron chi connectivity index (χ4n) is 2.44. The quantitative estimate of drug-likeness (QED) is 0.892. The van der Waals surface area contributed by atoms with Gasteiger partial charge in [0, 0.05) is 35.4 Å². The van der Waals surface area contributed by atoms with E-state index in [0.717, 1.165) is 12.8 Å². The highest BCUT2D eigenvalue weighted by Crippen LogP contribution is 2.15. The summed E-state index contributed by atoms with van der Waals surface area (Å²) in [4.78, 5) is 13.9. The first-order valence-corrected chi connectivity index (χ1v) is 9.21. The van der Waals surface area contributed by atoms with Crippen molar-refractivity contribution in [3.05, 3.63) is 30.1 Å². The molecule has 1 N–H and O–H groups in total. The van der Waals surface area contributed by atoms with Gasteiger partial charge in [0.25, 0.3) is 0 Å². The predicted octanol–water partition coefficient (Wildman–Crippen LogP) is 2.15. The molecule has 1 atom stereocenters. The van der Waals surface area contributed by atoms with Gasteiger partial charge in [-0.05, 0) is 44.0 Å². The minimum absolute atomic E-state index is 0.137. The van der Waals surface area contributed by atoms with Crippen molar-refractivity contribution in [3.63, 3.8) is 0 Å². The van der Waals surface area contributed by atoms with Crippen LogP contribution in [-0.2, 0) is 10.8 Å². The Morgan fingerprint density at radius 2 is 2.00 bits per heavy atom. The number of carbonyl (C=O) groups excluding carboxylic acids is 1. The summed E-state index contributed by atoms with van der Waals surface area (Å²) in [7, 11) is 1.03. The minimum Gasteiger partial charge on any atom is -0.491 e. The van der Waals surface area contributed by atoms with E-state index in [1.165, 1.54) is 12.1 Å². The van der Waals surface area contributed by atoms with Crippen molar-refractivity contribution in [2.75, 3.05) is 25.2 Å². The lowest BCUT2D eigenvalue weighted by molar-refractivity contribution is 0.177. The zero-order valence-electron chi connectivity index (χ0n) is 13.5. The number of hydrogen-bond acceptors (Lipinski definition) is 3. The Balaban J connectivity index is 1.75. The number of ether oxygens (including phenoxy) is 1. The summed E-state index contributed by atoms with van der Waals surface area (Å²) in [6.07, 6.45) is 1.55. The zero-order valence-corrected chi connectivity index (χ0v) is 14.3. The first-order chi connectivity index (χ1) is 11.0. The molecule has 128 valence electrons. The lowest BCUT2D eigenvalue weighted by Crippen LogP contribution is -2.49. The lowest BCUT2D eigenvalue weighted by Gasteiger charge is -2.31. The molecule has 0 aliphatic carbocycles. The summed E-state index contributed by atoms with van der Waals surface area (Å²) in [5.41, 5.74) is 0. The molecule has 1 aromatic carbocycles. The summed E-state index contributed by atoms with van der Waals surface area (Å²) < 4.78 is 29.7. The summed E-state index contributed by atoms with van der Waals surface area (Å²) >= 11 is 0. The third-order valence-corrected chi connectivity index (χ3v) is 5.29. The maximum atomic E-state index is 12.8. The Bertz CT molecular complexity index is 543. The van der Waals surface area contributed by atoms with Gasteiger partial charge >= 0.3 is 6.03 Å². The molecule has 0 radical (unpaired) electrons. The molecule has 7 heteroatoms. The van der Waals surface area contributed by atoms with Crippen LogP contribution >= 0.6 is 0 Å². The molecule has 0 unspecified atom stereocenters. The van der Waals surface area contributed by atoms with Crippen molar-refractivity contribution in [3.8, 4) is 5.75 Å². The molecule has 0 saturated carbocycles. The summed E-state index contributed by atoms with van der Waals surface area (Å²) in [6.45, 7) is 2.16. The maximum Gasteiger partial charge on any atom is 0.317 e. The second kappa shape index (κ2) is 8.29. The van der Waals surface area contributed by atoms with Gasteiger partial charge in [-0.3, -0.25) is 4.21 Å². The average Bonchev–Trinajstić information content (AvgIpc) is 2.54. The van der Waals surface area contributed by atoms with Crippen LogP contribution in [0.2, 0.25) is 0 Å². The van der Waals surface area contributed by atoms with Gasteiger partial charge in [0.2, 0.25) is 0 Å². The average molecular weight is 342 g/mol. The Kier molecular flexibility index (Phi) is 6.38. The van der Waals surface area contributed by atoms with E-state index in [0.29, 0.717) is 23.9 Å². The van der Waals surface area contributed by atoms with Gasteiger partial charge in [-0.25, -0.2) is 9.18 Å². The Hall–Kier alpha value is -1.63. The molecule has 5 nitrogen and oxygen atoms in total. The van der Waals surface area contributed by atoms with E-state index in [1.54, 1.807) is 24.1 Å². The van der Waals surface area contributed by atoms with E-state index < -0.39 is 10.8 Å². The van der Waals surface area contributed by atoms with Crippen LogP contribution in [0.25, 0.3) is 0 Å². The third-order valence-electron chi connectivity index (χ3n) is 3.91. The number of amides is 2. The molecule has 0 bridgehead atoms. The van der Waals surface area contributed by atoms with Crippen LogP contribution in [0.1, 0.15) is 19.8 Å². The standard InChI is InChI=1S/C16H23FN2O3S/c1-12(11-22-15-5-3-13(17)4-6-15)18-16(20)19(2)14-7-9-23(21)10-8-14/h3-6,12,14H,7-11H2,1-2H3,(H,18,20)/t12-,14?,23?/m0/s1. The van der Waals surface area contributed by atoms with E-state index in [-0.39, 0.29) is 23.9 Å². The highest BCUT2D eigenvalue weighted by Gasteiger charge is 2.25. The van der Waals surface area contributed by atoms with Crippen molar-refractivity contribution in [1.29, 1.82) is 0 Å². The molecule has 0 spiro atoms. The predicted molar refractivity (Wildman–Crippen MR) is 88.6 cm³/mol. The maximum absolute atomic E-state index is 12.8. The molecule has 0 aromatic heterocycles. The van der Waals surface area contributed by atoms with Crippen LogP contribution < -0.4 is 10.1 Å². The molecule has 1 fully saturated rings. The van der Waals surface area contributed by atoms with Crippen molar-refractivity contribution in [2.24, 2.45) is 0 Å². The third kappa shape index (κ3) is 5.49. The summed E-state index contributed by atoms with van der Waals surface area (Å²) in [5.74, 6) is 1.57. The van der Waals surface area contributed by atoms with Gasteiger partial charge in [-0.15, -0.1) is 0 Å². The van der Waals surface area contributed by atoms with E-state index in [1.807, 2.05) is 6.92 Å². The molecular weight excluding hydrogens is 319 g/mol. The van der Waals surface area contributed by atoms with E-state index in [2.05, 4.69) is 5.32 Å². The second-order valence-electron chi connectivity index (χ2n) is 5.81. The van der Waals surface area contributed by atoms with Gasteiger partial charge in [-0.2, -0.15) is 0 Å². The fourth-order valence-corrected chi connectivity index (χ4v) is 3.71. The van der Waals surface area contributed by atoms with Crippen molar-refractivity contribution < 1.29 is 18.1 Å². The zero-order chi connectivity index (χ0) is 16.8. The van der Waals surface area contributed by atoms with Gasteiger partial charge in [0.05, 0.1) is 6.04 Å². The largest absolute Gasteiger partial charge is 0.491 e. The van der Waals surface area contributed by atoms with Crippen molar-refractivity contribution in [1.82, 2.24) is 10.2 Å². The molecular formula is C16H23FN2O3S. The number of nitrogens with zero attached hydrogens (tertiary/aromatic N) is 1. The smallest absolute Gasteiger partial charge is 0.317 e. The van der Waals surface area contributed by atoms with E-state index in [9.17, 15) is 13.4 Å². The number of hydrogen-bond donors (Lipinski definition) is 1. The number of benzene rings is 1. The molecule has 1 saturated heterocycles. The van der Waals surface area contributed by atoms with Crippen molar-refractivity contribution in [2.45, 2.75) is 31.8 Å². The van der Waals surface area contributed by atoms with E-state index in [4.69, 9.17) is 4.74 Å². The molecule has 23 heavy (non-hydrogen) atoms. The highest BCUT2D eigenvalue weighted by molar-refractivity contribution is 7.85. The molecule has 2 amide bonds. The van der Waals surface area contributed by atoms with Gasteiger partial charge in [0.1, 0.15) is 18.2 Å². The molecule has 1 aliphatic heterocycles. The van der Waals surface area contributed by atoms with E-state index >= 15 is 0 Å². The van der Waals surface area contributed by atoms with Crippen LogP contribution in [0, 0.1) is 5.82 Å². The van der Waals surface area contributed by atoms with Crippen LogP contribution in [0.3, 0.4) is 0 Å². The SMILES string of the molecule is C[C@@H](COc1ccc(F)cc1)NC(=O)N(C)C1CCS(=O)CC1. The Morgan fingerprint density at radius 1 is 1.39 bits per heavy atom. The molecule has 2 rings (SSSR count). The minimum atomic E-state index is -0.732. The Labute approximate surface area is 138 Å². The number of urea groups is 1. The second-order valence-corrected chi connectivity index (χ2v) is 7.50. The van der Waals surface area contributed by atoms with Crippen LogP contribution in [0.4, 0.5) is 9.18 Å². The van der Waals surface area contributed by atoms with Crippen LogP contribution in [0.5, 0.6) is 5.75 Å². The normalized spacial score (nSPS) is 22.2. The Morgan fingerprint density at radius 3 is 2.61 bits per heavy atom. The molecule has 1 heterocycles. The van der Waals surface area contributed by atoms with Crippen LogP contribution in [0.15, 0.2) is 24.3 Å². The first kappa shape index (κ1) is 17.7. The topological polar surface area (TPSA) is 58.6 Å². The lowest BCUT2D eigenvalue weighted by atomic mass is 10.1. The summed E-state index contributed by atoms with van der Waals surface area (Å²) in [5, 5.41) is 2.88. The van der Waals surface area contributed by atoms with Crippen molar-refractivity contribution >= 4 is 16.8 Å². The molecule has 1 aliphatic rings.